The summed E-state index contributed by atoms with van der Waals surface area (Å²) in [6.07, 6.45) is 7.57. The minimum Gasteiger partial charge on any atom is -0.305 e. The second-order valence-electron chi connectivity index (χ2n) is 6.26. The fourth-order valence-electron chi connectivity index (χ4n) is 2.85. The van der Waals surface area contributed by atoms with Crippen molar-refractivity contribution in [1.82, 2.24) is 19.5 Å². The van der Waals surface area contributed by atoms with Gasteiger partial charge in [-0.3, -0.25) is 9.59 Å². The Morgan fingerprint density at radius 2 is 1.96 bits per heavy atom. The van der Waals surface area contributed by atoms with Crippen molar-refractivity contribution in [3.63, 3.8) is 0 Å². The number of aromatic nitrogens is 3. The molecule has 0 radical (unpaired) electrons. The summed E-state index contributed by atoms with van der Waals surface area (Å²) in [4.78, 5) is 28.9. The molecule has 0 aromatic carbocycles. The number of hydrogen-bond acceptors (Lipinski definition) is 6. The first-order valence-electron chi connectivity index (χ1n) is 9.02. The van der Waals surface area contributed by atoms with E-state index in [-0.39, 0.29) is 6.54 Å². The van der Waals surface area contributed by atoms with E-state index >= 15 is 0 Å². The third kappa shape index (κ3) is 3.68. The van der Waals surface area contributed by atoms with Gasteiger partial charge in [0.25, 0.3) is 0 Å². The van der Waals surface area contributed by atoms with Gasteiger partial charge in [-0.05, 0) is 24.5 Å². The molecule has 0 bridgehead atoms. The predicted molar refractivity (Wildman–Crippen MR) is 102 cm³/mol. The summed E-state index contributed by atoms with van der Waals surface area (Å²) in [7, 11) is 0. The van der Waals surface area contributed by atoms with Crippen molar-refractivity contribution in [2.45, 2.75) is 38.8 Å². The van der Waals surface area contributed by atoms with E-state index in [1.54, 1.807) is 23.6 Å². The van der Waals surface area contributed by atoms with Gasteiger partial charge in [0.15, 0.2) is 5.82 Å². The van der Waals surface area contributed by atoms with Gasteiger partial charge in [-0.15, -0.1) is 0 Å². The number of pyridine rings is 1. The molecule has 0 unspecified atom stereocenters. The number of hydrazine groups is 1. The topological polar surface area (TPSA) is 84.5 Å². The number of alkyl halides is 1. The van der Waals surface area contributed by atoms with Gasteiger partial charge in [-0.1, -0.05) is 19.9 Å². The van der Waals surface area contributed by atoms with Gasteiger partial charge in [-0.25, -0.2) is 14.8 Å². The van der Waals surface area contributed by atoms with Gasteiger partial charge in [0, 0.05) is 24.8 Å². The molecule has 3 heterocycles. The molecule has 1 aliphatic carbocycles. The highest BCUT2D eigenvalue weighted by Gasteiger charge is 2.45. The van der Waals surface area contributed by atoms with Crippen LogP contribution in [0.15, 0.2) is 45.4 Å². The van der Waals surface area contributed by atoms with Crippen LogP contribution < -0.4 is 21.7 Å². The van der Waals surface area contributed by atoms with Crippen LogP contribution in [0.25, 0.3) is 0 Å². The van der Waals surface area contributed by atoms with Crippen LogP contribution in [0.1, 0.15) is 32.3 Å². The number of nitrogens with one attached hydrogen (secondary N) is 1. The second-order valence-corrected chi connectivity index (χ2v) is 6.26. The van der Waals surface area contributed by atoms with Crippen molar-refractivity contribution in [3.05, 3.63) is 57.0 Å². The summed E-state index contributed by atoms with van der Waals surface area (Å²) >= 11 is 0. The van der Waals surface area contributed by atoms with Gasteiger partial charge in [0.1, 0.15) is 6.67 Å². The number of nitrogens with zero attached hydrogens (tertiary/aromatic N) is 5. The Morgan fingerprint density at radius 3 is 2.52 bits per heavy atom. The van der Waals surface area contributed by atoms with Gasteiger partial charge in [0.2, 0.25) is 0 Å². The van der Waals surface area contributed by atoms with Crippen LogP contribution in [0.2, 0.25) is 0 Å². The van der Waals surface area contributed by atoms with Crippen LogP contribution in [-0.2, 0) is 12.1 Å². The Bertz CT molecular complexity index is 930. The summed E-state index contributed by atoms with van der Waals surface area (Å²) in [6, 6.07) is 3.60. The highest BCUT2D eigenvalue weighted by molar-refractivity contribution is 5.64. The minimum absolute atomic E-state index is 0.224. The molecule has 1 saturated carbocycles. The van der Waals surface area contributed by atoms with E-state index in [1.165, 1.54) is 21.5 Å². The second kappa shape index (κ2) is 7.83. The van der Waals surface area contributed by atoms with Crippen molar-refractivity contribution >= 4 is 12.0 Å². The lowest BCUT2D eigenvalue weighted by Gasteiger charge is -2.16. The normalized spacial score (nSPS) is 16.8. The number of anilines is 1. The summed E-state index contributed by atoms with van der Waals surface area (Å²) in [5.41, 5.74) is 1.64. The van der Waals surface area contributed by atoms with Crippen molar-refractivity contribution in [3.8, 4) is 0 Å². The van der Waals surface area contributed by atoms with E-state index < -0.39 is 23.3 Å². The quantitative estimate of drug-likeness (QED) is 0.797. The lowest BCUT2D eigenvalue weighted by molar-refractivity contribution is 0.326. The van der Waals surface area contributed by atoms with E-state index in [9.17, 15) is 14.0 Å². The van der Waals surface area contributed by atoms with E-state index in [0.29, 0.717) is 25.2 Å². The molecule has 2 aliphatic rings. The van der Waals surface area contributed by atoms with Crippen LogP contribution in [0, 0.1) is 0 Å². The third-order valence-corrected chi connectivity index (χ3v) is 4.55. The van der Waals surface area contributed by atoms with Gasteiger partial charge in [0.05, 0.1) is 18.6 Å². The first-order chi connectivity index (χ1) is 13.1. The number of hydrogen-bond donors (Lipinski definition) is 1. The number of halogens is 1. The average molecular weight is 374 g/mol. The molecule has 2 aromatic rings. The SMILES string of the molecule is CC.O=c1c(=O)n(C2(CF)CC2)ccn1Cc1ccc(N2N=CCN2)nc1. The average Bonchev–Trinajstić information content (AvgIpc) is 3.31. The lowest BCUT2D eigenvalue weighted by atomic mass is 10.2. The van der Waals surface area contributed by atoms with Crippen LogP contribution in [0.5, 0.6) is 0 Å². The summed E-state index contributed by atoms with van der Waals surface area (Å²) < 4.78 is 15.7. The molecular weight excluding hydrogens is 351 g/mol. The fourth-order valence-corrected chi connectivity index (χ4v) is 2.85. The van der Waals surface area contributed by atoms with E-state index in [4.69, 9.17) is 0 Å². The molecule has 0 atom stereocenters. The fraction of sp³-hybridized carbons (Fsp3) is 0.444. The van der Waals surface area contributed by atoms with Gasteiger partial charge < -0.3 is 9.13 Å². The molecule has 1 N–H and O–H groups in total. The Balaban J connectivity index is 0.00000102. The van der Waals surface area contributed by atoms with Gasteiger partial charge in [-0.2, -0.15) is 10.2 Å². The summed E-state index contributed by atoms with van der Waals surface area (Å²) in [5.74, 6) is 0.638. The zero-order valence-corrected chi connectivity index (χ0v) is 15.4. The Kier molecular flexibility index (Phi) is 5.50. The van der Waals surface area contributed by atoms with Crippen LogP contribution in [-0.4, -0.2) is 33.6 Å². The number of rotatable bonds is 5. The molecule has 2 aromatic heterocycles. The standard InChI is InChI=1S/C16H17FN6O2.C2H6/c17-11-16(3-4-16)22-8-7-21(14(24)15(22)25)10-12-1-2-13(18-9-12)23-19-5-6-20-23;1-2/h1-2,5,7-9,20H,3-4,6,10-11H2;1-2H3. The maximum absolute atomic E-state index is 13.1. The van der Waals surface area contributed by atoms with Gasteiger partial charge >= 0.3 is 11.1 Å². The van der Waals surface area contributed by atoms with Crippen molar-refractivity contribution in [2.24, 2.45) is 5.10 Å². The molecule has 9 heteroatoms. The highest BCUT2D eigenvalue weighted by atomic mass is 19.1. The molecule has 0 saturated heterocycles. The molecule has 0 spiro atoms. The monoisotopic (exact) mass is 374 g/mol. The molecule has 144 valence electrons. The molecule has 1 fully saturated rings. The summed E-state index contributed by atoms with van der Waals surface area (Å²) in [6.45, 7) is 4.24. The van der Waals surface area contributed by atoms with Crippen molar-refractivity contribution < 1.29 is 4.39 Å². The largest absolute Gasteiger partial charge is 0.317 e. The molecule has 8 nitrogen and oxygen atoms in total. The lowest BCUT2D eigenvalue weighted by Crippen LogP contribution is -2.45. The van der Waals surface area contributed by atoms with Crippen LogP contribution in [0.4, 0.5) is 10.2 Å². The zero-order valence-electron chi connectivity index (χ0n) is 15.4. The minimum atomic E-state index is -0.804. The van der Waals surface area contributed by atoms with Crippen LogP contribution in [0.3, 0.4) is 0 Å². The van der Waals surface area contributed by atoms with E-state index in [2.05, 4.69) is 15.5 Å². The van der Waals surface area contributed by atoms with Crippen LogP contribution >= 0.6 is 0 Å². The molecule has 0 amide bonds. The maximum Gasteiger partial charge on any atom is 0.317 e. The van der Waals surface area contributed by atoms with Crippen molar-refractivity contribution in [1.29, 1.82) is 0 Å². The first-order valence-corrected chi connectivity index (χ1v) is 9.02. The Morgan fingerprint density at radius 1 is 1.19 bits per heavy atom. The molecular formula is C18H23FN6O2. The molecule has 1 aliphatic heterocycles. The smallest absolute Gasteiger partial charge is 0.305 e. The summed E-state index contributed by atoms with van der Waals surface area (Å²) in [5, 5.41) is 5.66. The predicted octanol–water partition coefficient (Wildman–Crippen LogP) is 1.25. The van der Waals surface area contributed by atoms with Crippen molar-refractivity contribution in [2.75, 3.05) is 18.3 Å². The number of hydrazone groups is 1. The molecule has 4 rings (SSSR count). The third-order valence-electron chi connectivity index (χ3n) is 4.55. The zero-order chi connectivity index (χ0) is 19.4. The first kappa shape index (κ1) is 19.0. The highest BCUT2D eigenvalue weighted by Crippen LogP contribution is 2.42. The van der Waals surface area contributed by atoms with E-state index in [1.807, 2.05) is 19.9 Å². The molecule has 27 heavy (non-hydrogen) atoms. The Hall–Kier alpha value is -2.81. The maximum atomic E-state index is 13.1. The Labute approximate surface area is 155 Å². The van der Waals surface area contributed by atoms with E-state index in [0.717, 1.165) is 5.56 Å².